The van der Waals surface area contributed by atoms with Gasteiger partial charge < -0.3 is 5.11 Å². The highest BCUT2D eigenvalue weighted by Crippen LogP contribution is 2.39. The molecule has 2 aromatic carbocycles. The van der Waals surface area contributed by atoms with Crippen LogP contribution in [0.3, 0.4) is 0 Å². The molecule has 0 saturated carbocycles. The van der Waals surface area contributed by atoms with Gasteiger partial charge in [0.05, 0.1) is 0 Å². The standard InChI is InChI=1S/C20H14OS2/c21-20-18(5-2-6-19(20)17-8-10-23-13-17)15-4-1-3-14(11-15)16-7-9-22-12-16/h1-13,21H. The number of hydrogen-bond donors (Lipinski definition) is 1. The summed E-state index contributed by atoms with van der Waals surface area (Å²) < 4.78 is 0. The molecule has 4 rings (SSSR count). The first kappa shape index (κ1) is 14.2. The molecular formula is C20H14OS2. The predicted molar refractivity (Wildman–Crippen MR) is 100 cm³/mol. The molecule has 0 atom stereocenters. The monoisotopic (exact) mass is 334 g/mol. The molecule has 0 amide bonds. The molecule has 3 heteroatoms. The molecule has 0 bridgehead atoms. The molecule has 4 aromatic rings. The molecule has 0 fully saturated rings. The Morgan fingerprint density at radius 2 is 1.22 bits per heavy atom. The van der Waals surface area contributed by atoms with Crippen LogP contribution in [0.4, 0.5) is 0 Å². The van der Waals surface area contributed by atoms with Crippen LogP contribution in [0.25, 0.3) is 33.4 Å². The molecule has 0 aliphatic rings. The van der Waals surface area contributed by atoms with E-state index in [2.05, 4.69) is 34.3 Å². The van der Waals surface area contributed by atoms with Gasteiger partial charge >= 0.3 is 0 Å². The smallest absolute Gasteiger partial charge is 0.131 e. The van der Waals surface area contributed by atoms with Gasteiger partial charge in [0.25, 0.3) is 0 Å². The number of aromatic hydroxyl groups is 1. The highest BCUT2D eigenvalue weighted by Gasteiger charge is 2.11. The third kappa shape index (κ3) is 2.69. The van der Waals surface area contributed by atoms with Crippen LogP contribution in [0.1, 0.15) is 0 Å². The number of hydrogen-bond acceptors (Lipinski definition) is 3. The van der Waals surface area contributed by atoms with Crippen LogP contribution in [-0.2, 0) is 0 Å². The summed E-state index contributed by atoms with van der Waals surface area (Å²) in [6.45, 7) is 0. The lowest BCUT2D eigenvalue weighted by Gasteiger charge is -2.10. The highest BCUT2D eigenvalue weighted by molar-refractivity contribution is 7.08. The van der Waals surface area contributed by atoms with E-state index in [-0.39, 0.29) is 0 Å². The van der Waals surface area contributed by atoms with E-state index in [1.165, 1.54) is 11.1 Å². The van der Waals surface area contributed by atoms with Gasteiger partial charge in [-0.1, -0.05) is 36.4 Å². The van der Waals surface area contributed by atoms with Gasteiger partial charge in [-0.2, -0.15) is 22.7 Å². The van der Waals surface area contributed by atoms with Gasteiger partial charge in [0, 0.05) is 11.1 Å². The second kappa shape index (κ2) is 6.03. The van der Waals surface area contributed by atoms with Crippen molar-refractivity contribution in [2.24, 2.45) is 0 Å². The quantitative estimate of drug-likeness (QED) is 0.452. The van der Waals surface area contributed by atoms with Crippen molar-refractivity contribution in [1.29, 1.82) is 0 Å². The Labute approximate surface area is 143 Å². The fraction of sp³-hybridized carbons (Fsp3) is 0. The first-order valence-electron chi connectivity index (χ1n) is 7.30. The van der Waals surface area contributed by atoms with Gasteiger partial charge in [-0.05, 0) is 62.0 Å². The zero-order valence-corrected chi connectivity index (χ0v) is 13.9. The SMILES string of the molecule is Oc1c(-c2ccsc2)cccc1-c1cccc(-c2ccsc2)c1. The van der Waals surface area contributed by atoms with Crippen LogP contribution < -0.4 is 0 Å². The molecule has 2 aromatic heterocycles. The topological polar surface area (TPSA) is 20.2 Å². The third-order valence-electron chi connectivity index (χ3n) is 3.90. The largest absolute Gasteiger partial charge is 0.507 e. The molecule has 0 aliphatic carbocycles. The minimum atomic E-state index is 0.341. The lowest BCUT2D eigenvalue weighted by molar-refractivity contribution is 0.479. The first-order valence-corrected chi connectivity index (χ1v) is 9.19. The molecular weight excluding hydrogens is 320 g/mol. The van der Waals surface area contributed by atoms with E-state index in [0.29, 0.717) is 5.75 Å². The predicted octanol–water partition coefficient (Wildman–Crippen LogP) is 6.52. The number of para-hydroxylation sites is 1. The normalized spacial score (nSPS) is 10.8. The molecule has 0 unspecified atom stereocenters. The number of phenols is 1. The van der Waals surface area contributed by atoms with E-state index in [1.54, 1.807) is 22.7 Å². The fourth-order valence-corrected chi connectivity index (χ4v) is 4.04. The Morgan fingerprint density at radius 1 is 0.609 bits per heavy atom. The van der Waals surface area contributed by atoms with Gasteiger partial charge in [0.15, 0.2) is 0 Å². The van der Waals surface area contributed by atoms with Crippen molar-refractivity contribution in [3.8, 4) is 39.1 Å². The van der Waals surface area contributed by atoms with Crippen LogP contribution in [0.2, 0.25) is 0 Å². The van der Waals surface area contributed by atoms with Gasteiger partial charge in [-0.25, -0.2) is 0 Å². The van der Waals surface area contributed by atoms with Crippen LogP contribution in [0.15, 0.2) is 76.1 Å². The highest BCUT2D eigenvalue weighted by atomic mass is 32.1. The number of benzene rings is 2. The fourth-order valence-electron chi connectivity index (χ4n) is 2.72. The van der Waals surface area contributed by atoms with E-state index in [9.17, 15) is 5.11 Å². The minimum absolute atomic E-state index is 0.341. The average molecular weight is 334 g/mol. The summed E-state index contributed by atoms with van der Waals surface area (Å²) in [4.78, 5) is 0. The van der Waals surface area contributed by atoms with Crippen LogP contribution in [0, 0.1) is 0 Å². The summed E-state index contributed by atoms with van der Waals surface area (Å²) in [6, 6.07) is 18.4. The van der Waals surface area contributed by atoms with Crippen LogP contribution >= 0.6 is 22.7 Å². The lowest BCUT2D eigenvalue weighted by Crippen LogP contribution is -1.84. The molecule has 0 aliphatic heterocycles. The maximum absolute atomic E-state index is 10.7. The van der Waals surface area contributed by atoms with Crippen molar-refractivity contribution in [3.63, 3.8) is 0 Å². The van der Waals surface area contributed by atoms with Crippen molar-refractivity contribution >= 4 is 22.7 Å². The Hall–Kier alpha value is -2.36. The van der Waals surface area contributed by atoms with Crippen LogP contribution in [0.5, 0.6) is 5.75 Å². The average Bonchev–Trinajstić information content (AvgIpc) is 3.29. The van der Waals surface area contributed by atoms with Gasteiger partial charge in [0.2, 0.25) is 0 Å². The molecule has 112 valence electrons. The summed E-state index contributed by atoms with van der Waals surface area (Å²) in [6.07, 6.45) is 0. The number of rotatable bonds is 3. The Morgan fingerprint density at radius 3 is 1.91 bits per heavy atom. The second-order valence-electron chi connectivity index (χ2n) is 5.31. The maximum atomic E-state index is 10.7. The third-order valence-corrected chi connectivity index (χ3v) is 5.26. The molecule has 2 heterocycles. The van der Waals surface area contributed by atoms with E-state index in [4.69, 9.17) is 0 Å². The molecule has 0 radical (unpaired) electrons. The maximum Gasteiger partial charge on any atom is 0.131 e. The first-order chi connectivity index (χ1) is 11.3. The summed E-state index contributed by atoms with van der Waals surface area (Å²) in [5.74, 6) is 0.341. The molecule has 1 nitrogen and oxygen atoms in total. The van der Waals surface area contributed by atoms with E-state index < -0.39 is 0 Å². The zero-order valence-electron chi connectivity index (χ0n) is 12.3. The second-order valence-corrected chi connectivity index (χ2v) is 6.87. The summed E-state index contributed by atoms with van der Waals surface area (Å²) in [5.41, 5.74) is 6.22. The molecule has 1 N–H and O–H groups in total. The Balaban J connectivity index is 1.83. The van der Waals surface area contributed by atoms with Crippen molar-refractivity contribution in [2.75, 3.05) is 0 Å². The summed E-state index contributed by atoms with van der Waals surface area (Å²) in [5, 5.41) is 19.0. The minimum Gasteiger partial charge on any atom is -0.507 e. The summed E-state index contributed by atoms with van der Waals surface area (Å²) in [7, 11) is 0. The number of thiophene rings is 2. The van der Waals surface area contributed by atoms with E-state index in [1.807, 2.05) is 41.8 Å². The van der Waals surface area contributed by atoms with Crippen LogP contribution in [-0.4, -0.2) is 5.11 Å². The zero-order chi connectivity index (χ0) is 15.6. The Bertz CT molecular complexity index is 922. The van der Waals surface area contributed by atoms with Gasteiger partial charge in [-0.3, -0.25) is 0 Å². The van der Waals surface area contributed by atoms with E-state index in [0.717, 1.165) is 22.3 Å². The van der Waals surface area contributed by atoms with Crippen molar-refractivity contribution in [1.82, 2.24) is 0 Å². The van der Waals surface area contributed by atoms with Gasteiger partial charge in [0.1, 0.15) is 5.75 Å². The molecule has 23 heavy (non-hydrogen) atoms. The molecule has 0 saturated heterocycles. The van der Waals surface area contributed by atoms with E-state index >= 15 is 0 Å². The number of phenolic OH excluding ortho intramolecular Hbond substituents is 1. The molecule has 0 spiro atoms. The van der Waals surface area contributed by atoms with Crippen molar-refractivity contribution in [3.05, 3.63) is 76.1 Å². The van der Waals surface area contributed by atoms with Gasteiger partial charge in [-0.15, -0.1) is 0 Å². The van der Waals surface area contributed by atoms with Crippen molar-refractivity contribution < 1.29 is 5.11 Å². The summed E-state index contributed by atoms with van der Waals surface area (Å²) >= 11 is 3.33. The lowest BCUT2D eigenvalue weighted by atomic mass is 9.96. The Kier molecular flexibility index (Phi) is 3.74. The van der Waals surface area contributed by atoms with Crippen molar-refractivity contribution in [2.45, 2.75) is 0 Å².